The molecule has 0 aromatic heterocycles. The Bertz CT molecular complexity index is 1160. The van der Waals surface area contributed by atoms with Crippen molar-refractivity contribution in [3.05, 3.63) is 48.6 Å². The van der Waals surface area contributed by atoms with E-state index in [1.807, 2.05) is 0 Å². The monoisotopic (exact) mass is 968 g/mol. The highest BCUT2D eigenvalue weighted by molar-refractivity contribution is 5.76. The lowest BCUT2D eigenvalue weighted by Crippen LogP contribution is -2.45. The molecule has 404 valence electrons. The first-order chi connectivity index (χ1) is 34.0. The van der Waals surface area contributed by atoms with Gasteiger partial charge >= 0.3 is 5.97 Å². The number of hydrogen-bond donors (Lipinski definition) is 3. The van der Waals surface area contributed by atoms with Crippen molar-refractivity contribution in [3.8, 4) is 0 Å². The fourth-order valence-corrected chi connectivity index (χ4v) is 9.17. The van der Waals surface area contributed by atoms with E-state index < -0.39 is 12.1 Å². The zero-order chi connectivity index (χ0) is 50.0. The summed E-state index contributed by atoms with van der Waals surface area (Å²) in [5.74, 6) is -0.0698. The summed E-state index contributed by atoms with van der Waals surface area (Å²) in [7, 11) is 0. The predicted molar refractivity (Wildman–Crippen MR) is 301 cm³/mol. The second kappa shape index (κ2) is 58.4. The molecule has 0 aliphatic rings. The SMILES string of the molecule is CCCCC/C=C\C/C=C\CCCCCCCCCCCC(=O)OCCCCC/C=C\C/C=C\CCCCCCCCCC(=O)NC(CO)C(O)CCCCCCCCCCCCCCCCCC. The maximum atomic E-state index is 12.5. The quantitative estimate of drug-likeness (QED) is 0.0321. The number of carbonyl (C=O) groups is 2. The van der Waals surface area contributed by atoms with Gasteiger partial charge in [-0.25, -0.2) is 0 Å². The number of carbonyl (C=O) groups excluding carboxylic acids is 2. The minimum atomic E-state index is -0.676. The zero-order valence-electron chi connectivity index (χ0n) is 46.0. The summed E-state index contributed by atoms with van der Waals surface area (Å²) in [5.41, 5.74) is 0. The third-order valence-corrected chi connectivity index (χ3v) is 13.9. The summed E-state index contributed by atoms with van der Waals surface area (Å²) in [4.78, 5) is 24.6. The number of unbranched alkanes of at least 4 members (excludes halogenated alkanes) is 37. The largest absolute Gasteiger partial charge is 0.466 e. The molecule has 1 amide bonds. The molecular weight excluding hydrogens is 851 g/mol. The average Bonchev–Trinajstić information content (AvgIpc) is 3.35. The number of esters is 1. The topological polar surface area (TPSA) is 95.9 Å². The standard InChI is InChI=1S/C63H117NO5/c1-3-5-7-9-11-13-15-17-19-21-22-25-29-33-37-41-45-49-53-57-63(68)69-58-54-50-46-42-38-34-30-26-23-24-28-32-36-40-44-48-52-56-62(67)64-60(59-65)61(66)55-51-47-43-39-35-31-27-20-18-16-14-12-10-8-6-4-2/h11,13,17,19,23,26,34,38,60-61,65-66H,3-10,12,14-16,18,20-22,24-25,27-33,35-37,39-59H2,1-2H3,(H,64,67)/b13-11-,19-17-,26-23-,38-34-. The first-order valence-electron chi connectivity index (χ1n) is 30.4. The van der Waals surface area contributed by atoms with Crippen molar-refractivity contribution < 1.29 is 24.5 Å². The molecule has 2 atom stereocenters. The summed E-state index contributed by atoms with van der Waals surface area (Å²) in [6.07, 6.45) is 73.9. The Balaban J connectivity index is 3.49. The fourth-order valence-electron chi connectivity index (χ4n) is 9.17. The molecule has 3 N–H and O–H groups in total. The van der Waals surface area contributed by atoms with Gasteiger partial charge in [0.05, 0.1) is 25.4 Å². The molecule has 0 aromatic rings. The normalized spacial score (nSPS) is 12.9. The van der Waals surface area contributed by atoms with Gasteiger partial charge in [-0.2, -0.15) is 0 Å². The Kier molecular flexibility index (Phi) is 56.5. The second-order valence-corrected chi connectivity index (χ2v) is 20.7. The van der Waals surface area contributed by atoms with E-state index in [2.05, 4.69) is 67.8 Å². The van der Waals surface area contributed by atoms with E-state index in [1.165, 1.54) is 193 Å². The van der Waals surface area contributed by atoms with Crippen molar-refractivity contribution in [2.24, 2.45) is 0 Å². The summed E-state index contributed by atoms with van der Waals surface area (Å²) < 4.78 is 5.47. The number of hydrogen-bond acceptors (Lipinski definition) is 5. The van der Waals surface area contributed by atoms with Gasteiger partial charge in [0.25, 0.3) is 0 Å². The number of aliphatic hydroxyl groups is 2. The Morgan fingerprint density at radius 1 is 0.406 bits per heavy atom. The number of allylic oxidation sites excluding steroid dienone is 8. The first kappa shape index (κ1) is 66.8. The van der Waals surface area contributed by atoms with Crippen LogP contribution < -0.4 is 5.32 Å². The molecule has 69 heavy (non-hydrogen) atoms. The maximum absolute atomic E-state index is 12.5. The summed E-state index contributed by atoms with van der Waals surface area (Å²) in [6.45, 7) is 4.89. The molecule has 0 fully saturated rings. The first-order valence-corrected chi connectivity index (χ1v) is 30.4. The third-order valence-electron chi connectivity index (χ3n) is 13.9. The predicted octanol–water partition coefficient (Wildman–Crippen LogP) is 19.0. The lowest BCUT2D eigenvalue weighted by molar-refractivity contribution is -0.143. The Morgan fingerprint density at radius 2 is 0.725 bits per heavy atom. The molecule has 0 saturated carbocycles. The van der Waals surface area contributed by atoms with Gasteiger partial charge in [0, 0.05) is 12.8 Å². The number of ether oxygens (including phenoxy) is 1. The smallest absolute Gasteiger partial charge is 0.305 e. The molecule has 0 aliphatic heterocycles. The van der Waals surface area contributed by atoms with Crippen LogP contribution in [-0.4, -0.2) is 47.4 Å². The molecule has 0 radical (unpaired) electrons. The van der Waals surface area contributed by atoms with Gasteiger partial charge in [-0.15, -0.1) is 0 Å². The molecule has 0 rings (SSSR count). The van der Waals surface area contributed by atoms with Crippen molar-refractivity contribution in [2.75, 3.05) is 13.2 Å². The molecule has 0 aromatic carbocycles. The van der Waals surface area contributed by atoms with E-state index in [9.17, 15) is 19.8 Å². The third kappa shape index (κ3) is 55.0. The van der Waals surface area contributed by atoms with Crippen molar-refractivity contribution >= 4 is 11.9 Å². The van der Waals surface area contributed by atoms with Gasteiger partial charge in [0.1, 0.15) is 0 Å². The minimum Gasteiger partial charge on any atom is -0.466 e. The van der Waals surface area contributed by atoms with E-state index in [0.29, 0.717) is 25.9 Å². The van der Waals surface area contributed by atoms with Crippen LogP contribution in [0.4, 0.5) is 0 Å². The molecule has 0 saturated heterocycles. The van der Waals surface area contributed by atoms with E-state index >= 15 is 0 Å². The number of nitrogens with one attached hydrogen (secondary N) is 1. The highest BCUT2D eigenvalue weighted by Crippen LogP contribution is 2.17. The minimum absolute atomic E-state index is 0.0193. The zero-order valence-corrected chi connectivity index (χ0v) is 46.0. The summed E-state index contributed by atoms with van der Waals surface area (Å²) in [6, 6.07) is -0.555. The van der Waals surface area contributed by atoms with Crippen LogP contribution in [0.3, 0.4) is 0 Å². The molecule has 6 heteroatoms. The molecule has 0 spiro atoms. The fraction of sp³-hybridized carbons (Fsp3) is 0.841. The molecule has 0 bridgehead atoms. The number of rotatable bonds is 56. The van der Waals surface area contributed by atoms with Gasteiger partial charge in [0.2, 0.25) is 5.91 Å². The van der Waals surface area contributed by atoms with Gasteiger partial charge < -0.3 is 20.3 Å². The van der Waals surface area contributed by atoms with E-state index in [4.69, 9.17) is 4.74 Å². The van der Waals surface area contributed by atoms with E-state index in [0.717, 1.165) is 89.9 Å². The van der Waals surface area contributed by atoms with Gasteiger partial charge in [0.15, 0.2) is 0 Å². The van der Waals surface area contributed by atoms with Crippen LogP contribution in [-0.2, 0) is 14.3 Å². The average molecular weight is 969 g/mol. The van der Waals surface area contributed by atoms with E-state index in [-0.39, 0.29) is 18.5 Å². The van der Waals surface area contributed by atoms with Crippen molar-refractivity contribution in [2.45, 2.75) is 328 Å². The molecule has 0 heterocycles. The molecule has 6 nitrogen and oxygen atoms in total. The number of aliphatic hydroxyl groups excluding tert-OH is 2. The summed E-state index contributed by atoms with van der Waals surface area (Å²) >= 11 is 0. The van der Waals surface area contributed by atoms with Crippen LogP contribution in [0.2, 0.25) is 0 Å². The van der Waals surface area contributed by atoms with Crippen LogP contribution in [0.15, 0.2) is 48.6 Å². The lowest BCUT2D eigenvalue weighted by atomic mass is 10.0. The van der Waals surface area contributed by atoms with Crippen LogP contribution in [0, 0.1) is 0 Å². The number of amides is 1. The van der Waals surface area contributed by atoms with Crippen molar-refractivity contribution in [1.82, 2.24) is 5.32 Å². The maximum Gasteiger partial charge on any atom is 0.305 e. The summed E-state index contributed by atoms with van der Waals surface area (Å²) in [5, 5.41) is 23.3. The Morgan fingerprint density at radius 3 is 1.13 bits per heavy atom. The Hall–Kier alpha value is -2.18. The van der Waals surface area contributed by atoms with Crippen molar-refractivity contribution in [3.63, 3.8) is 0 Å². The molecule has 0 aliphatic carbocycles. The highest BCUT2D eigenvalue weighted by Gasteiger charge is 2.20. The van der Waals surface area contributed by atoms with E-state index in [1.54, 1.807) is 0 Å². The van der Waals surface area contributed by atoms with Crippen LogP contribution in [0.25, 0.3) is 0 Å². The lowest BCUT2D eigenvalue weighted by Gasteiger charge is -2.22. The van der Waals surface area contributed by atoms with Crippen molar-refractivity contribution in [1.29, 1.82) is 0 Å². The van der Waals surface area contributed by atoms with Gasteiger partial charge in [-0.05, 0) is 96.3 Å². The van der Waals surface area contributed by atoms with Gasteiger partial charge in [-0.1, -0.05) is 255 Å². The van der Waals surface area contributed by atoms with Crippen LogP contribution >= 0.6 is 0 Å². The highest BCUT2D eigenvalue weighted by atomic mass is 16.5. The molecule has 2 unspecified atom stereocenters. The van der Waals surface area contributed by atoms with Crippen LogP contribution in [0.5, 0.6) is 0 Å². The Labute approximate surface area is 429 Å². The molecular formula is C63H117NO5. The van der Waals surface area contributed by atoms with Crippen LogP contribution in [0.1, 0.15) is 316 Å². The van der Waals surface area contributed by atoms with Gasteiger partial charge in [-0.3, -0.25) is 9.59 Å². The second-order valence-electron chi connectivity index (χ2n) is 20.7.